The summed E-state index contributed by atoms with van der Waals surface area (Å²) >= 11 is 0. The molecular formula is C19H27FN2O2. The smallest absolute Gasteiger partial charge is 0.222 e. The van der Waals surface area contributed by atoms with Gasteiger partial charge in [0.05, 0.1) is 12.3 Å². The molecule has 0 radical (unpaired) electrons. The monoisotopic (exact) mass is 334 g/mol. The molecule has 0 bridgehead atoms. The normalized spacial score (nSPS) is 19.6. The molecule has 1 aromatic carbocycles. The van der Waals surface area contributed by atoms with E-state index in [9.17, 15) is 14.3 Å². The molecule has 24 heavy (non-hydrogen) atoms. The largest absolute Gasteiger partial charge is 0.392 e. The number of benzene rings is 1. The van der Waals surface area contributed by atoms with E-state index < -0.39 is 0 Å². The lowest BCUT2D eigenvalue weighted by Gasteiger charge is -2.35. The Hall–Kier alpha value is -1.62. The molecule has 2 heterocycles. The van der Waals surface area contributed by atoms with Crippen molar-refractivity contribution in [2.75, 3.05) is 31.1 Å². The lowest BCUT2D eigenvalue weighted by Crippen LogP contribution is -2.39. The summed E-state index contributed by atoms with van der Waals surface area (Å²) in [6, 6.07) is 5.17. The number of halogens is 1. The number of aliphatic hydroxyl groups is 1. The number of hydrogen-bond donors (Lipinski definition) is 1. The molecule has 132 valence electrons. The van der Waals surface area contributed by atoms with Crippen LogP contribution in [-0.2, 0) is 11.4 Å². The number of carbonyl (C=O) groups is 1. The van der Waals surface area contributed by atoms with Crippen molar-refractivity contribution in [2.45, 2.75) is 45.1 Å². The second-order valence-electron chi connectivity index (χ2n) is 6.98. The van der Waals surface area contributed by atoms with Crippen LogP contribution in [0.15, 0.2) is 18.2 Å². The van der Waals surface area contributed by atoms with E-state index >= 15 is 0 Å². The zero-order valence-electron chi connectivity index (χ0n) is 14.2. The summed E-state index contributed by atoms with van der Waals surface area (Å²) in [4.78, 5) is 16.4. The Balaban J connectivity index is 1.53. The molecule has 2 aliphatic heterocycles. The maximum Gasteiger partial charge on any atom is 0.222 e. The molecular weight excluding hydrogens is 307 g/mol. The van der Waals surface area contributed by atoms with Crippen LogP contribution >= 0.6 is 0 Å². The van der Waals surface area contributed by atoms with Gasteiger partial charge in [0, 0.05) is 38.2 Å². The van der Waals surface area contributed by atoms with Crippen LogP contribution in [0.4, 0.5) is 10.1 Å². The lowest BCUT2D eigenvalue weighted by molar-refractivity contribution is -0.133. The summed E-state index contributed by atoms with van der Waals surface area (Å²) in [7, 11) is 0. The third-order valence-electron chi connectivity index (χ3n) is 5.36. The van der Waals surface area contributed by atoms with Crippen LogP contribution < -0.4 is 4.90 Å². The quantitative estimate of drug-likeness (QED) is 0.921. The van der Waals surface area contributed by atoms with Crippen molar-refractivity contribution in [1.82, 2.24) is 4.90 Å². The van der Waals surface area contributed by atoms with Crippen LogP contribution in [0.1, 0.15) is 44.1 Å². The van der Waals surface area contributed by atoms with E-state index in [1.165, 1.54) is 6.42 Å². The minimum atomic E-state index is -0.317. The van der Waals surface area contributed by atoms with Crippen LogP contribution in [0.2, 0.25) is 0 Å². The highest BCUT2D eigenvalue weighted by atomic mass is 19.1. The predicted molar refractivity (Wildman–Crippen MR) is 92.3 cm³/mol. The first-order valence-corrected chi connectivity index (χ1v) is 9.10. The number of likely N-dealkylation sites (tertiary alicyclic amines) is 1. The van der Waals surface area contributed by atoms with Crippen LogP contribution in [0.25, 0.3) is 0 Å². The van der Waals surface area contributed by atoms with Gasteiger partial charge in [-0.1, -0.05) is 12.1 Å². The minimum absolute atomic E-state index is 0.277. The molecule has 1 amide bonds. The fourth-order valence-electron chi connectivity index (χ4n) is 3.83. The second-order valence-corrected chi connectivity index (χ2v) is 6.98. The van der Waals surface area contributed by atoms with E-state index in [4.69, 9.17) is 0 Å². The number of aliphatic hydroxyl groups excluding tert-OH is 1. The Labute approximate surface area is 143 Å². The van der Waals surface area contributed by atoms with Crippen molar-refractivity contribution in [3.8, 4) is 0 Å². The molecule has 1 aromatic rings. The molecule has 0 unspecified atom stereocenters. The zero-order chi connectivity index (χ0) is 16.9. The van der Waals surface area contributed by atoms with Crippen LogP contribution in [-0.4, -0.2) is 42.1 Å². The second kappa shape index (κ2) is 7.97. The summed E-state index contributed by atoms with van der Waals surface area (Å²) in [5.41, 5.74) is 0.914. The Kier molecular flexibility index (Phi) is 5.72. The zero-order valence-corrected chi connectivity index (χ0v) is 14.2. The summed E-state index contributed by atoms with van der Waals surface area (Å²) in [6.07, 6.45) is 5.97. The number of nitrogens with zero attached hydrogens (tertiary/aromatic N) is 2. The predicted octanol–water partition coefficient (Wildman–Crippen LogP) is 2.94. The van der Waals surface area contributed by atoms with Crippen LogP contribution in [0, 0.1) is 11.7 Å². The van der Waals surface area contributed by atoms with Crippen molar-refractivity contribution in [3.05, 3.63) is 29.6 Å². The van der Waals surface area contributed by atoms with Gasteiger partial charge in [-0.3, -0.25) is 4.79 Å². The van der Waals surface area contributed by atoms with Crippen molar-refractivity contribution >= 4 is 11.6 Å². The SMILES string of the molecule is O=C(CC1CCN(c2cccc(CO)c2F)CC1)N1CCCCC1. The van der Waals surface area contributed by atoms with E-state index in [-0.39, 0.29) is 12.4 Å². The molecule has 0 aliphatic carbocycles. The maximum atomic E-state index is 14.3. The molecule has 0 spiro atoms. The third kappa shape index (κ3) is 3.89. The number of amides is 1. The Bertz CT molecular complexity index is 564. The third-order valence-corrected chi connectivity index (χ3v) is 5.36. The molecule has 0 aromatic heterocycles. The molecule has 5 heteroatoms. The standard InChI is InChI=1S/C19H27FN2O2/c20-19-16(14-23)5-4-6-17(19)21-11-7-15(8-12-21)13-18(24)22-9-2-1-3-10-22/h4-6,15,23H,1-3,7-14H2. The first-order chi connectivity index (χ1) is 11.7. The minimum Gasteiger partial charge on any atom is -0.392 e. The van der Waals surface area contributed by atoms with Gasteiger partial charge in [0.1, 0.15) is 0 Å². The highest BCUT2D eigenvalue weighted by Crippen LogP contribution is 2.29. The first-order valence-electron chi connectivity index (χ1n) is 9.10. The topological polar surface area (TPSA) is 43.8 Å². The number of piperidine rings is 2. The van der Waals surface area contributed by atoms with Crippen molar-refractivity contribution in [2.24, 2.45) is 5.92 Å². The van der Waals surface area contributed by atoms with E-state index in [1.807, 2.05) is 9.80 Å². The van der Waals surface area contributed by atoms with E-state index in [0.717, 1.165) is 51.9 Å². The van der Waals surface area contributed by atoms with Gasteiger partial charge in [-0.25, -0.2) is 4.39 Å². The molecule has 2 aliphatic rings. The molecule has 3 rings (SSSR count). The molecule has 0 atom stereocenters. The van der Waals surface area contributed by atoms with E-state index in [2.05, 4.69) is 0 Å². The summed E-state index contributed by atoms with van der Waals surface area (Å²) in [5, 5.41) is 9.21. The van der Waals surface area contributed by atoms with Gasteiger partial charge in [0.15, 0.2) is 5.82 Å². The van der Waals surface area contributed by atoms with Gasteiger partial charge in [-0.2, -0.15) is 0 Å². The highest BCUT2D eigenvalue weighted by Gasteiger charge is 2.26. The molecule has 0 saturated carbocycles. The van der Waals surface area contributed by atoms with Gasteiger partial charge in [-0.05, 0) is 44.1 Å². The lowest BCUT2D eigenvalue weighted by atomic mass is 9.92. The Morgan fingerprint density at radius 2 is 1.83 bits per heavy atom. The summed E-state index contributed by atoms with van der Waals surface area (Å²) < 4.78 is 14.3. The highest BCUT2D eigenvalue weighted by molar-refractivity contribution is 5.76. The summed E-state index contributed by atoms with van der Waals surface area (Å²) in [6.45, 7) is 3.08. The van der Waals surface area contributed by atoms with E-state index in [1.54, 1.807) is 18.2 Å². The van der Waals surface area contributed by atoms with Gasteiger partial charge in [0.25, 0.3) is 0 Å². The number of hydrogen-bond acceptors (Lipinski definition) is 3. The molecule has 1 N–H and O–H groups in total. The number of anilines is 1. The van der Waals surface area contributed by atoms with Crippen molar-refractivity contribution in [3.63, 3.8) is 0 Å². The molecule has 4 nitrogen and oxygen atoms in total. The van der Waals surface area contributed by atoms with Gasteiger partial charge in [-0.15, -0.1) is 0 Å². The van der Waals surface area contributed by atoms with Gasteiger partial charge in [0.2, 0.25) is 5.91 Å². The van der Waals surface area contributed by atoms with E-state index in [0.29, 0.717) is 29.5 Å². The Morgan fingerprint density at radius 1 is 1.12 bits per heavy atom. The van der Waals surface area contributed by atoms with Crippen LogP contribution in [0.5, 0.6) is 0 Å². The fraction of sp³-hybridized carbons (Fsp3) is 0.632. The maximum absolute atomic E-state index is 14.3. The van der Waals surface area contributed by atoms with Crippen molar-refractivity contribution < 1.29 is 14.3 Å². The number of rotatable bonds is 4. The van der Waals surface area contributed by atoms with Crippen LogP contribution in [0.3, 0.4) is 0 Å². The average molecular weight is 334 g/mol. The summed E-state index contributed by atoms with van der Waals surface area (Å²) in [5.74, 6) is 0.379. The molecule has 2 saturated heterocycles. The molecule has 2 fully saturated rings. The average Bonchev–Trinajstić information content (AvgIpc) is 2.63. The van der Waals surface area contributed by atoms with Gasteiger partial charge >= 0.3 is 0 Å². The first kappa shape index (κ1) is 17.2. The Morgan fingerprint density at radius 3 is 2.50 bits per heavy atom. The van der Waals surface area contributed by atoms with Gasteiger partial charge < -0.3 is 14.9 Å². The number of carbonyl (C=O) groups excluding carboxylic acids is 1. The van der Waals surface area contributed by atoms with Crippen molar-refractivity contribution in [1.29, 1.82) is 0 Å². The fourth-order valence-corrected chi connectivity index (χ4v) is 3.83.